The molecule has 0 bridgehead atoms. The lowest BCUT2D eigenvalue weighted by Gasteiger charge is -2.33. The third-order valence-electron chi connectivity index (χ3n) is 16.6. The Bertz CT molecular complexity index is 4800. The topological polar surface area (TPSA) is 33.5 Å². The standard InChI is InChI=1S/C80H82N4O/c1-76(2,3)56-28-23-27-55(43-56)67-50-81-74(49-69(67)80(13,14)15)84-70-32-20-19-31-63(70)64-42-40-61(48-73(64)84)85-60-30-24-29-59(47-60)82-51-83(72-34-22-21-33-71(72)82)75-65(54-37-35-53(36-38-54)52-25-17-16-18-26-52)44-58(78(7,8)9)45-66(75)62-41-39-57(77(4,5)6)46-68(62)79(10,11)12/h16-50H,51H2,1-15H3/i21D,22D,23D,27D,28D,33D,34D,43D. The first-order valence-electron chi connectivity index (χ1n) is 33.7. The van der Waals surface area contributed by atoms with E-state index in [1.807, 2.05) is 98.5 Å². The Kier molecular flexibility index (Phi) is 11.9. The van der Waals surface area contributed by atoms with E-state index in [1.165, 1.54) is 11.1 Å². The summed E-state index contributed by atoms with van der Waals surface area (Å²) in [5, 5.41) is 1.98. The molecule has 11 aromatic rings. The summed E-state index contributed by atoms with van der Waals surface area (Å²) in [6.07, 6.45) is 1.72. The molecule has 1 aliphatic rings. The van der Waals surface area contributed by atoms with Crippen molar-refractivity contribution < 1.29 is 15.7 Å². The predicted octanol–water partition coefficient (Wildman–Crippen LogP) is 22.4. The average Bonchev–Trinajstić information content (AvgIpc) is 1.68. The molecule has 5 heteroatoms. The third kappa shape index (κ3) is 11.0. The van der Waals surface area contributed by atoms with Crippen LogP contribution in [-0.2, 0) is 27.1 Å². The van der Waals surface area contributed by atoms with E-state index in [4.69, 9.17) is 12.5 Å². The predicted molar refractivity (Wildman–Crippen MR) is 362 cm³/mol. The van der Waals surface area contributed by atoms with Crippen LogP contribution in [0.4, 0.5) is 22.7 Å². The van der Waals surface area contributed by atoms with E-state index in [0.29, 0.717) is 51.1 Å². The molecule has 0 atom stereocenters. The van der Waals surface area contributed by atoms with E-state index < -0.39 is 10.8 Å². The van der Waals surface area contributed by atoms with E-state index in [0.717, 1.165) is 72.0 Å². The summed E-state index contributed by atoms with van der Waals surface area (Å²) < 4.78 is 83.6. The number of aromatic nitrogens is 2. The summed E-state index contributed by atoms with van der Waals surface area (Å²) in [6.45, 7) is 32.4. The highest BCUT2D eigenvalue weighted by Crippen LogP contribution is 2.53. The molecule has 0 saturated heterocycles. The molecule has 0 aliphatic carbocycles. The van der Waals surface area contributed by atoms with Crippen LogP contribution in [0, 0.1) is 0 Å². The lowest BCUT2D eigenvalue weighted by atomic mass is 9.75. The molecule has 428 valence electrons. The average molecular weight is 1120 g/mol. The summed E-state index contributed by atoms with van der Waals surface area (Å²) in [4.78, 5) is 9.23. The van der Waals surface area contributed by atoms with E-state index in [-0.39, 0.29) is 71.3 Å². The van der Waals surface area contributed by atoms with Crippen molar-refractivity contribution >= 4 is 44.6 Å². The molecule has 0 N–H and O–H groups in total. The summed E-state index contributed by atoms with van der Waals surface area (Å²) in [5.41, 5.74) is 13.9. The molecule has 0 amide bonds. The van der Waals surface area contributed by atoms with Gasteiger partial charge in [0, 0.05) is 51.5 Å². The SMILES string of the molecule is [2H]c1c([2H])c([2H])c2c(c1[2H])N(c1cccc(Oc3ccc4c5ccccc5n(-c5cc(C(C)(C)C)c(-c6c([2H])c([2H])c([2H])c(C(C)(C)C)c6[2H])cn5)c4c3)c1)CN2c1c(-c2ccc(-c3ccccc3)cc2)cc(C(C)(C)C)cc1-c1ccc(C(C)(C)C)cc1C(C)(C)C. The van der Waals surface area contributed by atoms with Crippen LogP contribution in [0.5, 0.6) is 11.5 Å². The summed E-state index contributed by atoms with van der Waals surface area (Å²) in [7, 11) is 0. The molecule has 12 rings (SSSR count). The van der Waals surface area contributed by atoms with Crippen LogP contribution < -0.4 is 14.5 Å². The van der Waals surface area contributed by atoms with Crippen LogP contribution in [0.25, 0.3) is 72.1 Å². The van der Waals surface area contributed by atoms with Crippen LogP contribution in [0.1, 0.15) is 143 Å². The van der Waals surface area contributed by atoms with Crippen LogP contribution >= 0.6 is 0 Å². The van der Waals surface area contributed by atoms with Crippen molar-refractivity contribution in [3.8, 4) is 61.8 Å². The van der Waals surface area contributed by atoms with Gasteiger partial charge in [0.05, 0.1) is 39.1 Å². The fraction of sp³-hybridized carbons (Fsp3) is 0.263. The fourth-order valence-electron chi connectivity index (χ4n) is 11.8. The molecule has 9 aromatic carbocycles. The van der Waals surface area contributed by atoms with Crippen molar-refractivity contribution in [1.82, 2.24) is 9.55 Å². The van der Waals surface area contributed by atoms with Gasteiger partial charge in [0.2, 0.25) is 0 Å². The van der Waals surface area contributed by atoms with E-state index >= 15 is 0 Å². The van der Waals surface area contributed by atoms with Crippen molar-refractivity contribution in [2.75, 3.05) is 16.5 Å². The van der Waals surface area contributed by atoms with Crippen LogP contribution in [0.15, 0.2) is 212 Å². The van der Waals surface area contributed by atoms with Crippen molar-refractivity contribution in [2.24, 2.45) is 0 Å². The normalized spacial score (nSPS) is 14.6. The second-order valence-corrected chi connectivity index (χ2v) is 28.0. The Morgan fingerprint density at radius 1 is 0.412 bits per heavy atom. The Balaban J connectivity index is 1.01. The molecule has 1 aliphatic heterocycles. The first-order valence-corrected chi connectivity index (χ1v) is 29.7. The van der Waals surface area contributed by atoms with Crippen LogP contribution in [0.2, 0.25) is 0 Å². The number of pyridine rings is 1. The maximum atomic E-state index is 9.91. The maximum absolute atomic E-state index is 9.91. The molecule has 0 saturated carbocycles. The lowest BCUT2D eigenvalue weighted by molar-refractivity contribution is 0.483. The zero-order valence-electron chi connectivity index (χ0n) is 60.0. The highest BCUT2D eigenvalue weighted by Gasteiger charge is 2.35. The number of hydrogen-bond donors (Lipinski definition) is 0. The number of fused-ring (bicyclic) bond motifs is 4. The van der Waals surface area contributed by atoms with E-state index in [2.05, 4.69) is 177 Å². The Labute approximate surface area is 516 Å². The van der Waals surface area contributed by atoms with Gasteiger partial charge in [-0.3, -0.25) is 4.57 Å². The molecule has 5 nitrogen and oxygen atoms in total. The summed E-state index contributed by atoms with van der Waals surface area (Å²) >= 11 is 0. The van der Waals surface area contributed by atoms with E-state index in [9.17, 15) is 8.22 Å². The number of rotatable bonds is 9. The largest absolute Gasteiger partial charge is 0.457 e. The van der Waals surface area contributed by atoms with E-state index in [1.54, 1.807) is 6.20 Å². The molecule has 3 heterocycles. The highest BCUT2D eigenvalue weighted by atomic mass is 16.5. The maximum Gasteiger partial charge on any atom is 0.137 e. The Morgan fingerprint density at radius 2 is 1.02 bits per heavy atom. The van der Waals surface area contributed by atoms with Gasteiger partial charge in [-0.25, -0.2) is 4.98 Å². The second-order valence-electron chi connectivity index (χ2n) is 28.0. The quantitative estimate of drug-likeness (QED) is 0.144. The van der Waals surface area contributed by atoms with Crippen LogP contribution in [-0.4, -0.2) is 16.2 Å². The minimum atomic E-state index is -0.618. The lowest BCUT2D eigenvalue weighted by Crippen LogP contribution is -2.26. The fourth-order valence-corrected chi connectivity index (χ4v) is 11.8. The van der Waals surface area contributed by atoms with Gasteiger partial charge in [-0.15, -0.1) is 0 Å². The van der Waals surface area contributed by atoms with Gasteiger partial charge in [0.1, 0.15) is 24.0 Å². The monoisotopic (exact) mass is 1120 g/mol. The zero-order chi connectivity index (χ0) is 66.9. The number of anilines is 4. The van der Waals surface area contributed by atoms with Gasteiger partial charge >= 0.3 is 0 Å². The summed E-state index contributed by atoms with van der Waals surface area (Å²) in [6, 6.07) is 53.0. The van der Waals surface area contributed by atoms with Crippen LogP contribution in [0.3, 0.4) is 0 Å². The molecule has 0 radical (unpaired) electrons. The highest BCUT2D eigenvalue weighted by molar-refractivity contribution is 6.09. The molecular weight excluding hydrogens is 1030 g/mol. The van der Waals surface area contributed by atoms with Gasteiger partial charge in [0.15, 0.2) is 0 Å². The van der Waals surface area contributed by atoms with Crippen molar-refractivity contribution in [3.63, 3.8) is 0 Å². The number of ether oxygens (including phenoxy) is 1. The number of hydrogen-bond acceptors (Lipinski definition) is 4. The van der Waals surface area contributed by atoms with Gasteiger partial charge < -0.3 is 14.5 Å². The van der Waals surface area contributed by atoms with Crippen molar-refractivity contribution in [2.45, 2.75) is 131 Å². The molecule has 0 unspecified atom stereocenters. The van der Waals surface area contributed by atoms with Gasteiger partial charge in [-0.1, -0.05) is 237 Å². The molecule has 0 fully saturated rings. The zero-order valence-corrected chi connectivity index (χ0v) is 52.0. The first kappa shape index (κ1) is 47.7. The molecule has 2 aromatic heterocycles. The Morgan fingerprint density at radius 3 is 1.72 bits per heavy atom. The molecule has 0 spiro atoms. The van der Waals surface area contributed by atoms with Gasteiger partial charge in [0.25, 0.3) is 0 Å². The molecular formula is C80H82N4O. The number of benzene rings is 9. The Hall–Kier alpha value is -8.67. The van der Waals surface area contributed by atoms with Gasteiger partial charge in [-0.2, -0.15) is 0 Å². The number of nitrogens with zero attached hydrogens (tertiary/aromatic N) is 4. The second kappa shape index (κ2) is 21.1. The van der Waals surface area contributed by atoms with Crippen molar-refractivity contribution in [1.29, 1.82) is 0 Å². The first-order chi connectivity index (χ1) is 43.6. The smallest absolute Gasteiger partial charge is 0.137 e. The minimum absolute atomic E-state index is 0.0645. The van der Waals surface area contributed by atoms with Crippen molar-refractivity contribution in [3.05, 3.63) is 240 Å². The summed E-state index contributed by atoms with van der Waals surface area (Å²) in [5.74, 6) is 1.68. The minimum Gasteiger partial charge on any atom is -0.457 e. The third-order valence-corrected chi connectivity index (χ3v) is 16.6. The molecule has 85 heavy (non-hydrogen) atoms. The van der Waals surface area contributed by atoms with Gasteiger partial charge in [-0.05, 0) is 143 Å². The number of para-hydroxylation sites is 3.